The van der Waals surface area contributed by atoms with Crippen molar-refractivity contribution in [3.05, 3.63) is 6.20 Å². The van der Waals surface area contributed by atoms with Gasteiger partial charge >= 0.3 is 0 Å². The quantitative estimate of drug-likeness (QED) is 0.859. The van der Waals surface area contributed by atoms with Crippen molar-refractivity contribution in [2.24, 2.45) is 4.99 Å². The summed E-state index contributed by atoms with van der Waals surface area (Å²) in [7, 11) is 0. The highest BCUT2D eigenvalue weighted by atomic mass is 15.3. The zero-order chi connectivity index (χ0) is 14.9. The normalized spacial score (nSPS) is 25.0. The number of aromatic nitrogens is 2. The van der Waals surface area contributed by atoms with Gasteiger partial charge in [0.2, 0.25) is 5.95 Å². The molecular weight excluding hydrogens is 274 g/mol. The van der Waals surface area contributed by atoms with Crippen LogP contribution in [-0.4, -0.2) is 41.4 Å². The van der Waals surface area contributed by atoms with Gasteiger partial charge in [0.1, 0.15) is 5.69 Å². The van der Waals surface area contributed by atoms with Gasteiger partial charge in [-0.15, -0.1) is 0 Å². The highest BCUT2D eigenvalue weighted by Gasteiger charge is 2.33. The van der Waals surface area contributed by atoms with Gasteiger partial charge in [0.25, 0.3) is 0 Å². The Bertz CT molecular complexity index is 558. The third-order valence-corrected chi connectivity index (χ3v) is 5.25. The zero-order valence-corrected chi connectivity index (χ0v) is 13.4. The van der Waals surface area contributed by atoms with Crippen molar-refractivity contribution in [1.29, 1.82) is 0 Å². The number of anilines is 2. The summed E-state index contributed by atoms with van der Waals surface area (Å²) in [5, 5.41) is 0. The maximum Gasteiger partial charge on any atom is 0.227 e. The fourth-order valence-corrected chi connectivity index (χ4v) is 4.03. The average molecular weight is 299 g/mol. The molecule has 1 saturated heterocycles. The Balaban J connectivity index is 1.71. The van der Waals surface area contributed by atoms with Crippen molar-refractivity contribution < 1.29 is 0 Å². The molecule has 1 aromatic rings. The first-order chi connectivity index (χ1) is 10.9. The molecule has 2 aliphatic heterocycles. The minimum Gasteiger partial charge on any atom is -0.344 e. The molecule has 0 bridgehead atoms. The van der Waals surface area contributed by atoms with E-state index < -0.39 is 0 Å². The lowest BCUT2D eigenvalue weighted by molar-refractivity contribution is 0.557. The second-order valence-corrected chi connectivity index (χ2v) is 6.67. The molecule has 5 nitrogen and oxygen atoms in total. The second kappa shape index (κ2) is 5.86. The fraction of sp³-hybridized carbons (Fsp3) is 0.706. The number of hydrogen-bond donors (Lipinski definition) is 0. The van der Waals surface area contributed by atoms with Crippen molar-refractivity contribution in [3.63, 3.8) is 0 Å². The molecule has 0 aromatic carbocycles. The van der Waals surface area contributed by atoms with Gasteiger partial charge in [-0.1, -0.05) is 19.8 Å². The summed E-state index contributed by atoms with van der Waals surface area (Å²) < 4.78 is 0. The van der Waals surface area contributed by atoms with E-state index in [4.69, 9.17) is 4.98 Å². The highest BCUT2D eigenvalue weighted by molar-refractivity contribution is 5.82. The van der Waals surface area contributed by atoms with Crippen LogP contribution in [0.25, 0.3) is 0 Å². The number of fused-ring (bicyclic) bond motifs is 1. The fourth-order valence-electron chi connectivity index (χ4n) is 4.03. The largest absolute Gasteiger partial charge is 0.344 e. The van der Waals surface area contributed by atoms with Crippen molar-refractivity contribution >= 4 is 23.7 Å². The van der Waals surface area contributed by atoms with E-state index in [1.165, 1.54) is 38.5 Å². The van der Waals surface area contributed by atoms with Gasteiger partial charge in [0.05, 0.1) is 12.2 Å². The van der Waals surface area contributed by atoms with Gasteiger partial charge in [0.15, 0.2) is 5.82 Å². The standard InChI is InChI=1S/C17H25N5/c1-2-13-11-18-15-12-19-17(21-9-5-6-10-21)20-16(15)22(13)14-7-3-4-8-14/h11-14H,2-10H2,1H3/t13-/m1/s1. The molecule has 3 aliphatic rings. The Hall–Kier alpha value is -1.65. The minimum absolute atomic E-state index is 0.386. The van der Waals surface area contributed by atoms with Gasteiger partial charge in [-0.25, -0.2) is 4.98 Å². The summed E-state index contributed by atoms with van der Waals surface area (Å²) in [5.41, 5.74) is 0.944. The SMILES string of the molecule is CC[C@@H]1C=Nc2cnc(N3CCCC3)nc2N1C1CCCC1. The van der Waals surface area contributed by atoms with Crippen LogP contribution in [0, 0.1) is 0 Å². The molecule has 22 heavy (non-hydrogen) atoms. The molecule has 1 aromatic heterocycles. The van der Waals surface area contributed by atoms with Crippen molar-refractivity contribution in [3.8, 4) is 0 Å². The lowest BCUT2D eigenvalue weighted by Gasteiger charge is -2.38. The number of aliphatic imine (C=N–C) groups is 1. The van der Waals surface area contributed by atoms with E-state index in [1.54, 1.807) is 0 Å². The smallest absolute Gasteiger partial charge is 0.227 e. The van der Waals surface area contributed by atoms with Gasteiger partial charge in [-0.2, -0.15) is 4.98 Å². The molecule has 0 amide bonds. The van der Waals surface area contributed by atoms with Crippen LogP contribution in [0.3, 0.4) is 0 Å². The van der Waals surface area contributed by atoms with Crippen LogP contribution in [0.15, 0.2) is 11.2 Å². The van der Waals surface area contributed by atoms with Gasteiger partial charge in [-0.05, 0) is 32.1 Å². The molecule has 118 valence electrons. The molecule has 1 saturated carbocycles. The molecule has 3 heterocycles. The second-order valence-electron chi connectivity index (χ2n) is 6.67. The van der Waals surface area contributed by atoms with E-state index in [-0.39, 0.29) is 0 Å². The van der Waals surface area contributed by atoms with E-state index >= 15 is 0 Å². The van der Waals surface area contributed by atoms with Crippen LogP contribution >= 0.6 is 0 Å². The number of nitrogens with zero attached hydrogens (tertiary/aromatic N) is 5. The monoisotopic (exact) mass is 299 g/mol. The minimum atomic E-state index is 0.386. The van der Waals surface area contributed by atoms with Crippen LogP contribution in [0.4, 0.5) is 17.5 Å². The first-order valence-corrected chi connectivity index (χ1v) is 8.81. The molecular formula is C17H25N5. The van der Waals surface area contributed by atoms with E-state index in [0.717, 1.165) is 37.0 Å². The molecule has 4 rings (SSSR count). The summed E-state index contributed by atoms with van der Waals surface area (Å²) in [6.07, 6.45) is 12.9. The Morgan fingerprint density at radius 2 is 1.91 bits per heavy atom. The van der Waals surface area contributed by atoms with Crippen LogP contribution in [0.5, 0.6) is 0 Å². The molecule has 2 fully saturated rings. The summed E-state index contributed by atoms with van der Waals surface area (Å²) in [6.45, 7) is 4.41. The first kappa shape index (κ1) is 14.0. The van der Waals surface area contributed by atoms with E-state index in [2.05, 4.69) is 32.9 Å². The van der Waals surface area contributed by atoms with Gasteiger partial charge in [-0.3, -0.25) is 4.99 Å². The van der Waals surface area contributed by atoms with Crippen LogP contribution < -0.4 is 9.80 Å². The summed E-state index contributed by atoms with van der Waals surface area (Å²) >= 11 is 0. The predicted octanol–water partition coefficient (Wildman–Crippen LogP) is 3.32. The summed E-state index contributed by atoms with van der Waals surface area (Å²) in [6, 6.07) is 1.01. The molecule has 5 heteroatoms. The van der Waals surface area contributed by atoms with Crippen molar-refractivity contribution in [2.45, 2.75) is 64.0 Å². The maximum absolute atomic E-state index is 4.95. The molecule has 0 N–H and O–H groups in total. The first-order valence-electron chi connectivity index (χ1n) is 8.81. The van der Waals surface area contributed by atoms with Gasteiger partial charge in [0, 0.05) is 25.3 Å². The lowest BCUT2D eigenvalue weighted by Crippen LogP contribution is -2.45. The molecule has 1 aliphatic carbocycles. The van der Waals surface area contributed by atoms with Crippen molar-refractivity contribution in [2.75, 3.05) is 22.9 Å². The molecule has 0 radical (unpaired) electrons. The lowest BCUT2D eigenvalue weighted by atomic mass is 10.1. The molecule has 1 atom stereocenters. The van der Waals surface area contributed by atoms with E-state index in [0.29, 0.717) is 12.1 Å². The Morgan fingerprint density at radius 1 is 1.14 bits per heavy atom. The van der Waals surface area contributed by atoms with Crippen LogP contribution in [-0.2, 0) is 0 Å². The third kappa shape index (κ3) is 2.36. The van der Waals surface area contributed by atoms with Gasteiger partial charge < -0.3 is 9.80 Å². The Labute approximate surface area is 132 Å². The Kier molecular flexibility index (Phi) is 3.72. The highest BCUT2D eigenvalue weighted by Crippen LogP contribution is 2.38. The zero-order valence-electron chi connectivity index (χ0n) is 13.4. The predicted molar refractivity (Wildman–Crippen MR) is 90.4 cm³/mol. The van der Waals surface area contributed by atoms with Crippen molar-refractivity contribution in [1.82, 2.24) is 9.97 Å². The number of rotatable bonds is 3. The third-order valence-electron chi connectivity index (χ3n) is 5.25. The molecule has 0 spiro atoms. The average Bonchev–Trinajstić information content (AvgIpc) is 3.26. The van der Waals surface area contributed by atoms with Crippen LogP contribution in [0.1, 0.15) is 51.9 Å². The number of hydrogen-bond acceptors (Lipinski definition) is 5. The maximum atomic E-state index is 4.95. The summed E-state index contributed by atoms with van der Waals surface area (Å²) in [4.78, 5) is 19.0. The van der Waals surface area contributed by atoms with Crippen LogP contribution in [0.2, 0.25) is 0 Å². The topological polar surface area (TPSA) is 44.6 Å². The van der Waals surface area contributed by atoms with E-state index in [9.17, 15) is 0 Å². The Morgan fingerprint density at radius 3 is 2.64 bits per heavy atom. The summed E-state index contributed by atoms with van der Waals surface area (Å²) in [5.74, 6) is 1.96. The molecule has 0 unspecified atom stereocenters. The van der Waals surface area contributed by atoms with E-state index in [1.807, 2.05) is 6.20 Å².